The maximum absolute atomic E-state index is 10.8. The number of benzene rings is 1. The van der Waals surface area contributed by atoms with Crippen molar-refractivity contribution in [2.24, 2.45) is 0 Å². The second-order valence-corrected chi connectivity index (χ2v) is 4.18. The summed E-state index contributed by atoms with van der Waals surface area (Å²) in [7, 11) is 0. The van der Waals surface area contributed by atoms with Crippen molar-refractivity contribution in [2.75, 3.05) is 18.5 Å². The number of aromatic carboxylic acids is 1. The van der Waals surface area contributed by atoms with Gasteiger partial charge < -0.3 is 15.2 Å². The molecule has 0 aliphatic carbocycles. The quantitative estimate of drug-likeness (QED) is 0.746. The number of rotatable bonds is 6. The van der Waals surface area contributed by atoms with Gasteiger partial charge in [-0.1, -0.05) is 0 Å². The van der Waals surface area contributed by atoms with Gasteiger partial charge in [-0.3, -0.25) is 0 Å². The van der Waals surface area contributed by atoms with Gasteiger partial charge in [-0.05, 0) is 44.5 Å². The number of nitrogens with one attached hydrogen (secondary N) is 1. The van der Waals surface area contributed by atoms with Gasteiger partial charge in [-0.25, -0.2) is 4.79 Å². The van der Waals surface area contributed by atoms with Crippen molar-refractivity contribution in [3.8, 4) is 0 Å². The van der Waals surface area contributed by atoms with Crippen LogP contribution in [-0.4, -0.2) is 30.3 Å². The molecule has 0 amide bonds. The standard InChI is InChI=1S/C13H19NO3/c1-9(2)17-7-6-14-12-5-4-11(13(15)16)8-10(12)3/h4-5,8-9,14H,6-7H2,1-3H3,(H,15,16). The predicted molar refractivity (Wildman–Crippen MR) is 67.7 cm³/mol. The molecule has 1 rings (SSSR count). The first-order valence-corrected chi connectivity index (χ1v) is 5.70. The minimum Gasteiger partial charge on any atom is -0.478 e. The lowest BCUT2D eigenvalue weighted by molar-refractivity contribution is 0.0696. The molecule has 0 saturated heterocycles. The number of hydrogen-bond donors (Lipinski definition) is 2. The maximum Gasteiger partial charge on any atom is 0.335 e. The lowest BCUT2D eigenvalue weighted by Crippen LogP contribution is -2.13. The molecule has 0 aliphatic rings. The van der Waals surface area contributed by atoms with E-state index in [1.165, 1.54) is 0 Å². The van der Waals surface area contributed by atoms with Gasteiger partial charge in [0.2, 0.25) is 0 Å². The summed E-state index contributed by atoms with van der Waals surface area (Å²) in [6.45, 7) is 7.22. The molecule has 0 bridgehead atoms. The maximum atomic E-state index is 10.8. The molecule has 0 atom stereocenters. The minimum absolute atomic E-state index is 0.229. The first-order valence-electron chi connectivity index (χ1n) is 5.70. The minimum atomic E-state index is -0.900. The molecule has 2 N–H and O–H groups in total. The van der Waals surface area contributed by atoms with Crippen LogP contribution in [0.15, 0.2) is 18.2 Å². The van der Waals surface area contributed by atoms with Crippen molar-refractivity contribution in [1.82, 2.24) is 0 Å². The number of carbonyl (C=O) groups is 1. The van der Waals surface area contributed by atoms with E-state index in [0.717, 1.165) is 11.3 Å². The summed E-state index contributed by atoms with van der Waals surface area (Å²) < 4.78 is 5.41. The van der Waals surface area contributed by atoms with E-state index < -0.39 is 5.97 Å². The molecule has 4 nitrogen and oxygen atoms in total. The molecule has 94 valence electrons. The second-order valence-electron chi connectivity index (χ2n) is 4.18. The van der Waals surface area contributed by atoms with E-state index >= 15 is 0 Å². The SMILES string of the molecule is Cc1cc(C(=O)O)ccc1NCCOC(C)C. The fraction of sp³-hybridized carbons (Fsp3) is 0.462. The average Bonchev–Trinajstić information content (AvgIpc) is 2.25. The van der Waals surface area contributed by atoms with Crippen molar-refractivity contribution in [1.29, 1.82) is 0 Å². The molecule has 0 fully saturated rings. The third-order valence-electron chi connectivity index (χ3n) is 2.34. The number of hydrogen-bond acceptors (Lipinski definition) is 3. The van der Waals surface area contributed by atoms with Gasteiger partial charge in [0.25, 0.3) is 0 Å². The van der Waals surface area contributed by atoms with Crippen molar-refractivity contribution < 1.29 is 14.6 Å². The van der Waals surface area contributed by atoms with Gasteiger partial charge in [0, 0.05) is 12.2 Å². The molecule has 17 heavy (non-hydrogen) atoms. The normalized spacial score (nSPS) is 10.6. The summed E-state index contributed by atoms with van der Waals surface area (Å²) in [4.78, 5) is 10.8. The van der Waals surface area contributed by atoms with E-state index in [2.05, 4.69) is 5.32 Å². The van der Waals surface area contributed by atoms with E-state index in [9.17, 15) is 4.79 Å². The summed E-state index contributed by atoms with van der Waals surface area (Å²) in [6, 6.07) is 5.04. The fourth-order valence-electron chi connectivity index (χ4n) is 1.48. The lowest BCUT2D eigenvalue weighted by Gasteiger charge is -2.11. The first kappa shape index (κ1) is 13.5. The van der Waals surface area contributed by atoms with Gasteiger partial charge >= 0.3 is 5.97 Å². The number of carboxylic acid groups (broad SMARTS) is 1. The highest BCUT2D eigenvalue weighted by atomic mass is 16.5. The van der Waals surface area contributed by atoms with Crippen LogP contribution in [0.4, 0.5) is 5.69 Å². The van der Waals surface area contributed by atoms with E-state index in [-0.39, 0.29) is 6.10 Å². The Kier molecular flexibility index (Phi) is 4.97. The Morgan fingerprint density at radius 3 is 2.71 bits per heavy atom. The summed E-state index contributed by atoms with van der Waals surface area (Å²) in [6.07, 6.45) is 0.229. The molecule has 1 aromatic rings. The van der Waals surface area contributed by atoms with Crippen LogP contribution in [-0.2, 0) is 4.74 Å². The number of aryl methyl sites for hydroxylation is 1. The Hall–Kier alpha value is -1.55. The van der Waals surface area contributed by atoms with Crippen LogP contribution in [0.5, 0.6) is 0 Å². The monoisotopic (exact) mass is 237 g/mol. The topological polar surface area (TPSA) is 58.6 Å². The summed E-state index contributed by atoms with van der Waals surface area (Å²) >= 11 is 0. The second kappa shape index (κ2) is 6.25. The van der Waals surface area contributed by atoms with Gasteiger partial charge in [-0.2, -0.15) is 0 Å². The predicted octanol–water partition coefficient (Wildman–Crippen LogP) is 2.53. The smallest absolute Gasteiger partial charge is 0.335 e. The molecule has 0 unspecified atom stereocenters. The molecule has 0 radical (unpaired) electrons. The Morgan fingerprint density at radius 2 is 2.18 bits per heavy atom. The molecule has 4 heteroatoms. The van der Waals surface area contributed by atoms with Crippen LogP contribution in [0.1, 0.15) is 29.8 Å². The largest absolute Gasteiger partial charge is 0.478 e. The summed E-state index contributed by atoms with van der Waals surface area (Å²) in [5.74, 6) is -0.900. The van der Waals surface area contributed by atoms with Gasteiger partial charge in [0.1, 0.15) is 0 Å². The van der Waals surface area contributed by atoms with Crippen LogP contribution in [0.3, 0.4) is 0 Å². The Morgan fingerprint density at radius 1 is 1.47 bits per heavy atom. The van der Waals surface area contributed by atoms with Crippen molar-refractivity contribution in [3.05, 3.63) is 29.3 Å². The molecule has 1 aromatic carbocycles. The molecule has 0 aliphatic heterocycles. The van der Waals surface area contributed by atoms with Crippen LogP contribution in [0.2, 0.25) is 0 Å². The van der Waals surface area contributed by atoms with Gasteiger partial charge in [0.15, 0.2) is 0 Å². The highest BCUT2D eigenvalue weighted by Crippen LogP contribution is 2.16. The zero-order valence-corrected chi connectivity index (χ0v) is 10.5. The zero-order chi connectivity index (χ0) is 12.8. The van der Waals surface area contributed by atoms with Crippen LogP contribution < -0.4 is 5.32 Å². The summed E-state index contributed by atoms with van der Waals surface area (Å²) in [5.41, 5.74) is 2.18. The highest BCUT2D eigenvalue weighted by Gasteiger charge is 2.05. The third kappa shape index (κ3) is 4.44. The van der Waals surface area contributed by atoms with Crippen molar-refractivity contribution >= 4 is 11.7 Å². The van der Waals surface area contributed by atoms with Gasteiger partial charge in [0.05, 0.1) is 18.3 Å². The Balaban J connectivity index is 2.52. The van der Waals surface area contributed by atoms with Crippen molar-refractivity contribution in [3.63, 3.8) is 0 Å². The van der Waals surface area contributed by atoms with E-state index in [0.29, 0.717) is 18.7 Å². The molecule has 0 aromatic heterocycles. The highest BCUT2D eigenvalue weighted by molar-refractivity contribution is 5.88. The van der Waals surface area contributed by atoms with E-state index in [1.54, 1.807) is 18.2 Å². The average molecular weight is 237 g/mol. The molecular weight excluding hydrogens is 218 g/mol. The summed E-state index contributed by atoms with van der Waals surface area (Å²) in [5, 5.41) is 12.1. The van der Waals surface area contributed by atoms with Gasteiger partial charge in [-0.15, -0.1) is 0 Å². The Bertz CT molecular complexity index is 388. The molecule has 0 saturated carbocycles. The van der Waals surface area contributed by atoms with Crippen LogP contribution >= 0.6 is 0 Å². The van der Waals surface area contributed by atoms with E-state index in [4.69, 9.17) is 9.84 Å². The molecular formula is C13H19NO3. The number of carboxylic acids is 1. The Labute approximate surface area is 102 Å². The first-order chi connectivity index (χ1) is 8.00. The van der Waals surface area contributed by atoms with E-state index in [1.807, 2.05) is 20.8 Å². The zero-order valence-electron chi connectivity index (χ0n) is 10.5. The van der Waals surface area contributed by atoms with Crippen LogP contribution in [0, 0.1) is 6.92 Å². The lowest BCUT2D eigenvalue weighted by atomic mass is 10.1. The third-order valence-corrected chi connectivity index (χ3v) is 2.34. The molecule has 0 spiro atoms. The number of anilines is 1. The number of ether oxygens (including phenoxy) is 1. The van der Waals surface area contributed by atoms with Crippen LogP contribution in [0.25, 0.3) is 0 Å². The molecule has 0 heterocycles. The van der Waals surface area contributed by atoms with Crippen molar-refractivity contribution in [2.45, 2.75) is 26.9 Å². The fourth-order valence-corrected chi connectivity index (χ4v) is 1.48.